The van der Waals surface area contributed by atoms with Crippen molar-refractivity contribution in [2.45, 2.75) is 32.6 Å². The second kappa shape index (κ2) is 4.60. The number of rotatable bonds is 2. The molecular weight excluding hydrogens is 271 g/mol. The standard InChI is InChI=1S/C18H18ClF/c1-4-18(11(2)3)14-6-5-7-16(20)17(14)13-9-8-12(19)10-15(13)18/h5-11H,4H2,1-3H3. The molecule has 0 heterocycles. The highest BCUT2D eigenvalue weighted by molar-refractivity contribution is 6.30. The molecule has 0 saturated heterocycles. The summed E-state index contributed by atoms with van der Waals surface area (Å²) in [7, 11) is 0. The van der Waals surface area contributed by atoms with Gasteiger partial charge in [-0.25, -0.2) is 4.39 Å². The Morgan fingerprint density at radius 2 is 1.90 bits per heavy atom. The molecular formula is C18H18ClF. The summed E-state index contributed by atoms with van der Waals surface area (Å²) in [6, 6.07) is 11.2. The SMILES string of the molecule is CCC1(C(C)C)c2cc(Cl)ccc2-c2c(F)cccc21. The van der Waals surface area contributed by atoms with Crippen LogP contribution >= 0.6 is 11.6 Å². The van der Waals surface area contributed by atoms with Gasteiger partial charge in [-0.1, -0.05) is 50.6 Å². The minimum absolute atomic E-state index is 0.137. The maximum absolute atomic E-state index is 14.4. The van der Waals surface area contributed by atoms with E-state index in [0.717, 1.165) is 28.1 Å². The molecule has 1 aliphatic carbocycles. The zero-order valence-electron chi connectivity index (χ0n) is 12.0. The van der Waals surface area contributed by atoms with Crippen molar-refractivity contribution in [3.63, 3.8) is 0 Å². The molecule has 3 rings (SSSR count). The Morgan fingerprint density at radius 1 is 1.15 bits per heavy atom. The van der Waals surface area contributed by atoms with Crippen LogP contribution in [0, 0.1) is 11.7 Å². The summed E-state index contributed by atoms with van der Waals surface area (Å²) in [5, 5.41) is 0.718. The third kappa shape index (κ3) is 1.59. The van der Waals surface area contributed by atoms with Crippen LogP contribution in [0.1, 0.15) is 38.3 Å². The van der Waals surface area contributed by atoms with Crippen LogP contribution < -0.4 is 0 Å². The zero-order chi connectivity index (χ0) is 14.5. The number of benzene rings is 2. The van der Waals surface area contributed by atoms with Gasteiger partial charge in [0.25, 0.3) is 0 Å². The van der Waals surface area contributed by atoms with Crippen LogP contribution in [0.2, 0.25) is 5.02 Å². The molecule has 0 radical (unpaired) electrons. The van der Waals surface area contributed by atoms with Gasteiger partial charge in [0.2, 0.25) is 0 Å². The fourth-order valence-corrected chi connectivity index (χ4v) is 4.00. The van der Waals surface area contributed by atoms with Crippen molar-refractivity contribution in [2.24, 2.45) is 5.92 Å². The lowest BCUT2D eigenvalue weighted by Crippen LogP contribution is -2.30. The minimum atomic E-state index is -0.141. The molecule has 2 aromatic rings. The highest BCUT2D eigenvalue weighted by Gasteiger charge is 2.45. The molecule has 0 amide bonds. The van der Waals surface area contributed by atoms with Crippen molar-refractivity contribution < 1.29 is 4.39 Å². The van der Waals surface area contributed by atoms with Crippen LogP contribution in [0.4, 0.5) is 4.39 Å². The van der Waals surface area contributed by atoms with E-state index in [1.54, 1.807) is 6.07 Å². The van der Waals surface area contributed by atoms with E-state index < -0.39 is 0 Å². The van der Waals surface area contributed by atoms with Crippen molar-refractivity contribution in [1.82, 2.24) is 0 Å². The van der Waals surface area contributed by atoms with Gasteiger partial charge in [-0.3, -0.25) is 0 Å². The van der Waals surface area contributed by atoms with E-state index in [2.05, 4.69) is 26.8 Å². The quantitative estimate of drug-likeness (QED) is 0.654. The van der Waals surface area contributed by atoms with Crippen molar-refractivity contribution >= 4 is 11.6 Å². The van der Waals surface area contributed by atoms with E-state index >= 15 is 0 Å². The Labute approximate surface area is 124 Å². The molecule has 0 fully saturated rings. The Hall–Kier alpha value is -1.34. The second-order valence-corrected chi connectivity index (χ2v) is 6.27. The fourth-order valence-electron chi connectivity index (χ4n) is 3.83. The van der Waals surface area contributed by atoms with E-state index in [0.29, 0.717) is 5.92 Å². The maximum atomic E-state index is 14.4. The van der Waals surface area contributed by atoms with E-state index in [-0.39, 0.29) is 11.2 Å². The fraction of sp³-hybridized carbons (Fsp3) is 0.333. The maximum Gasteiger partial charge on any atom is 0.131 e. The summed E-state index contributed by atoms with van der Waals surface area (Å²) < 4.78 is 14.4. The van der Waals surface area contributed by atoms with Gasteiger partial charge in [0.1, 0.15) is 5.82 Å². The minimum Gasteiger partial charge on any atom is -0.206 e. The van der Waals surface area contributed by atoms with Gasteiger partial charge < -0.3 is 0 Å². The number of hydrogen-bond acceptors (Lipinski definition) is 0. The molecule has 2 heteroatoms. The van der Waals surface area contributed by atoms with Crippen LogP contribution in [-0.2, 0) is 5.41 Å². The van der Waals surface area contributed by atoms with E-state index in [9.17, 15) is 4.39 Å². The first-order valence-corrected chi connectivity index (χ1v) is 7.49. The van der Waals surface area contributed by atoms with Crippen LogP contribution in [0.25, 0.3) is 11.1 Å². The summed E-state index contributed by atoms with van der Waals surface area (Å²) >= 11 is 6.20. The van der Waals surface area contributed by atoms with Crippen molar-refractivity contribution in [3.05, 3.63) is 58.4 Å². The summed E-state index contributed by atoms with van der Waals surface area (Å²) in [5.41, 5.74) is 3.89. The molecule has 0 bridgehead atoms. The average molecular weight is 289 g/mol. The predicted octanol–water partition coefficient (Wildman–Crippen LogP) is 5.81. The van der Waals surface area contributed by atoms with E-state index in [1.165, 1.54) is 5.56 Å². The Morgan fingerprint density at radius 3 is 2.55 bits per heavy atom. The summed E-state index contributed by atoms with van der Waals surface area (Å²) in [6.07, 6.45) is 0.939. The predicted molar refractivity (Wildman–Crippen MR) is 82.8 cm³/mol. The first-order chi connectivity index (χ1) is 9.52. The third-order valence-corrected chi connectivity index (χ3v) is 5.00. The Balaban J connectivity index is 2.45. The Bertz CT molecular complexity index is 675. The largest absolute Gasteiger partial charge is 0.206 e. The molecule has 0 aromatic heterocycles. The van der Waals surface area contributed by atoms with Crippen LogP contribution in [0.3, 0.4) is 0 Å². The highest BCUT2D eigenvalue weighted by atomic mass is 35.5. The molecule has 20 heavy (non-hydrogen) atoms. The smallest absolute Gasteiger partial charge is 0.131 e. The lowest BCUT2D eigenvalue weighted by molar-refractivity contribution is 0.366. The highest BCUT2D eigenvalue weighted by Crippen LogP contribution is 2.55. The van der Waals surface area contributed by atoms with Gasteiger partial charge in [0.15, 0.2) is 0 Å². The third-order valence-electron chi connectivity index (χ3n) is 4.77. The second-order valence-electron chi connectivity index (χ2n) is 5.83. The monoisotopic (exact) mass is 288 g/mol. The van der Waals surface area contributed by atoms with Crippen molar-refractivity contribution in [1.29, 1.82) is 0 Å². The Kier molecular flexibility index (Phi) is 3.13. The number of hydrogen-bond donors (Lipinski definition) is 0. The lowest BCUT2D eigenvalue weighted by Gasteiger charge is -2.35. The molecule has 0 N–H and O–H groups in total. The van der Waals surface area contributed by atoms with Gasteiger partial charge in [0.05, 0.1) is 0 Å². The molecule has 1 unspecified atom stereocenters. The van der Waals surface area contributed by atoms with Crippen LogP contribution in [-0.4, -0.2) is 0 Å². The first-order valence-electron chi connectivity index (χ1n) is 7.11. The van der Waals surface area contributed by atoms with E-state index in [1.807, 2.05) is 24.3 Å². The molecule has 0 nitrogen and oxygen atoms in total. The van der Waals surface area contributed by atoms with E-state index in [4.69, 9.17) is 11.6 Å². The van der Waals surface area contributed by atoms with Gasteiger partial charge in [-0.2, -0.15) is 0 Å². The lowest BCUT2D eigenvalue weighted by atomic mass is 9.68. The average Bonchev–Trinajstić information content (AvgIpc) is 2.70. The van der Waals surface area contributed by atoms with Crippen LogP contribution in [0.15, 0.2) is 36.4 Å². The van der Waals surface area contributed by atoms with Gasteiger partial charge in [-0.15, -0.1) is 0 Å². The first kappa shape index (κ1) is 13.6. The molecule has 104 valence electrons. The summed E-state index contributed by atoms with van der Waals surface area (Å²) in [6.45, 7) is 6.58. The van der Waals surface area contributed by atoms with Crippen LogP contribution in [0.5, 0.6) is 0 Å². The molecule has 1 atom stereocenters. The zero-order valence-corrected chi connectivity index (χ0v) is 12.8. The topological polar surface area (TPSA) is 0 Å². The molecule has 1 aliphatic rings. The number of halogens is 2. The van der Waals surface area contributed by atoms with Gasteiger partial charge in [0, 0.05) is 16.0 Å². The number of fused-ring (bicyclic) bond motifs is 3. The molecule has 2 aromatic carbocycles. The normalized spacial score (nSPS) is 20.1. The summed E-state index contributed by atoms with van der Waals surface area (Å²) in [5.74, 6) is 0.245. The van der Waals surface area contributed by atoms with Crippen molar-refractivity contribution in [3.8, 4) is 11.1 Å². The summed E-state index contributed by atoms with van der Waals surface area (Å²) in [4.78, 5) is 0. The molecule has 0 aliphatic heterocycles. The molecule has 0 spiro atoms. The molecule has 0 saturated carbocycles. The van der Waals surface area contributed by atoms with Crippen molar-refractivity contribution in [2.75, 3.05) is 0 Å². The van der Waals surface area contributed by atoms with Gasteiger partial charge in [-0.05, 0) is 47.2 Å². The van der Waals surface area contributed by atoms with Gasteiger partial charge >= 0.3 is 0 Å².